The van der Waals surface area contributed by atoms with Gasteiger partial charge in [-0.1, -0.05) is 60.7 Å². The SMILES string of the molecule is Cl.Cl.O=C(Nc1ccncc1)[C@H]1CC[C@H](NNCC(c2ccccc2)c2ccccc2)CC1. The summed E-state index contributed by atoms with van der Waals surface area (Å²) >= 11 is 0. The first kappa shape index (κ1) is 26.8. The minimum Gasteiger partial charge on any atom is -0.326 e. The van der Waals surface area contributed by atoms with Crippen LogP contribution in [-0.4, -0.2) is 23.5 Å². The Morgan fingerprint density at radius 1 is 0.818 bits per heavy atom. The molecule has 0 aliphatic heterocycles. The molecule has 176 valence electrons. The zero-order valence-electron chi connectivity index (χ0n) is 18.5. The predicted molar refractivity (Wildman–Crippen MR) is 139 cm³/mol. The van der Waals surface area contributed by atoms with Gasteiger partial charge in [-0.25, -0.2) is 0 Å². The summed E-state index contributed by atoms with van der Waals surface area (Å²) in [5.74, 6) is 0.482. The lowest BCUT2D eigenvalue weighted by Crippen LogP contribution is -2.45. The molecule has 2 aromatic carbocycles. The van der Waals surface area contributed by atoms with Crippen molar-refractivity contribution in [2.45, 2.75) is 37.6 Å². The number of carbonyl (C=O) groups excluding carboxylic acids is 1. The van der Waals surface area contributed by atoms with Crippen LogP contribution in [0.15, 0.2) is 85.2 Å². The zero-order valence-corrected chi connectivity index (χ0v) is 20.2. The van der Waals surface area contributed by atoms with Crippen LogP contribution < -0.4 is 16.2 Å². The summed E-state index contributed by atoms with van der Waals surface area (Å²) in [5.41, 5.74) is 10.4. The number of benzene rings is 2. The molecule has 0 spiro atoms. The molecule has 1 aliphatic carbocycles. The van der Waals surface area contributed by atoms with E-state index in [0.717, 1.165) is 37.9 Å². The number of aromatic nitrogens is 1. The van der Waals surface area contributed by atoms with Crippen molar-refractivity contribution >= 4 is 36.4 Å². The third-order valence-corrected chi connectivity index (χ3v) is 6.06. The van der Waals surface area contributed by atoms with Crippen LogP contribution in [0.5, 0.6) is 0 Å². The number of nitrogens with zero attached hydrogens (tertiary/aromatic N) is 1. The van der Waals surface area contributed by atoms with E-state index in [-0.39, 0.29) is 42.6 Å². The summed E-state index contributed by atoms with van der Waals surface area (Å²) < 4.78 is 0. The highest BCUT2D eigenvalue weighted by Gasteiger charge is 2.26. The van der Waals surface area contributed by atoms with Crippen LogP contribution in [0.25, 0.3) is 0 Å². The Morgan fingerprint density at radius 3 is 1.91 bits per heavy atom. The van der Waals surface area contributed by atoms with Gasteiger partial charge in [-0.2, -0.15) is 0 Å². The van der Waals surface area contributed by atoms with Gasteiger partial charge in [0.1, 0.15) is 0 Å². The Kier molecular flexibility index (Phi) is 11.3. The molecule has 0 atom stereocenters. The second-order valence-corrected chi connectivity index (χ2v) is 8.17. The van der Waals surface area contributed by atoms with Gasteiger partial charge in [-0.15, -0.1) is 24.8 Å². The largest absolute Gasteiger partial charge is 0.326 e. The quantitative estimate of drug-likeness (QED) is 0.375. The van der Waals surface area contributed by atoms with Crippen molar-refractivity contribution in [2.75, 3.05) is 11.9 Å². The first-order valence-corrected chi connectivity index (χ1v) is 11.1. The summed E-state index contributed by atoms with van der Waals surface area (Å²) in [7, 11) is 0. The molecular weight excluding hydrogens is 455 g/mol. The normalized spacial score (nSPS) is 17.5. The van der Waals surface area contributed by atoms with E-state index in [9.17, 15) is 4.79 Å². The van der Waals surface area contributed by atoms with Crippen molar-refractivity contribution in [3.05, 3.63) is 96.3 Å². The van der Waals surface area contributed by atoms with E-state index in [4.69, 9.17) is 0 Å². The van der Waals surface area contributed by atoms with Gasteiger partial charge in [-0.3, -0.25) is 20.6 Å². The lowest BCUT2D eigenvalue weighted by atomic mass is 9.85. The number of amides is 1. The number of carbonyl (C=O) groups is 1. The zero-order chi connectivity index (χ0) is 21.3. The molecule has 1 heterocycles. The second-order valence-electron chi connectivity index (χ2n) is 8.17. The summed E-state index contributed by atoms with van der Waals surface area (Å²) in [5, 5.41) is 3.01. The Morgan fingerprint density at radius 2 is 1.36 bits per heavy atom. The monoisotopic (exact) mass is 486 g/mol. The average molecular weight is 487 g/mol. The molecule has 1 fully saturated rings. The van der Waals surface area contributed by atoms with Crippen molar-refractivity contribution in [1.82, 2.24) is 15.8 Å². The molecule has 0 unspecified atom stereocenters. The van der Waals surface area contributed by atoms with Crippen LogP contribution in [0.3, 0.4) is 0 Å². The molecule has 4 rings (SSSR count). The first-order chi connectivity index (χ1) is 15.3. The summed E-state index contributed by atoms with van der Waals surface area (Å²) in [4.78, 5) is 16.5. The van der Waals surface area contributed by atoms with Gasteiger partial charge in [0.25, 0.3) is 0 Å². The smallest absolute Gasteiger partial charge is 0.227 e. The molecule has 7 heteroatoms. The Bertz CT molecular complexity index is 897. The van der Waals surface area contributed by atoms with Gasteiger partial charge < -0.3 is 5.32 Å². The highest BCUT2D eigenvalue weighted by Crippen LogP contribution is 2.26. The third-order valence-electron chi connectivity index (χ3n) is 6.06. The fraction of sp³-hybridized carbons (Fsp3) is 0.308. The first-order valence-electron chi connectivity index (χ1n) is 11.1. The number of rotatable bonds is 8. The fourth-order valence-electron chi connectivity index (χ4n) is 4.28. The molecule has 1 amide bonds. The number of halogens is 2. The van der Waals surface area contributed by atoms with Crippen molar-refractivity contribution in [3.8, 4) is 0 Å². The van der Waals surface area contributed by atoms with Crippen molar-refractivity contribution in [1.29, 1.82) is 0 Å². The Balaban J connectivity index is 0.00000193. The lowest BCUT2D eigenvalue weighted by Gasteiger charge is -2.29. The van der Waals surface area contributed by atoms with Crippen molar-refractivity contribution in [2.24, 2.45) is 5.92 Å². The Labute approximate surface area is 208 Å². The van der Waals surface area contributed by atoms with Crippen LogP contribution in [0.1, 0.15) is 42.7 Å². The summed E-state index contributed by atoms with van der Waals surface area (Å²) in [6.07, 6.45) is 7.17. The van der Waals surface area contributed by atoms with Gasteiger partial charge in [0.15, 0.2) is 0 Å². The van der Waals surface area contributed by atoms with Gasteiger partial charge in [0.05, 0.1) is 0 Å². The number of nitrogens with one attached hydrogen (secondary N) is 3. The van der Waals surface area contributed by atoms with Gasteiger partial charge in [0.2, 0.25) is 5.91 Å². The number of hydrogen-bond donors (Lipinski definition) is 3. The molecule has 0 saturated heterocycles. The second kappa shape index (κ2) is 14.0. The van der Waals surface area contributed by atoms with Crippen LogP contribution in [0.2, 0.25) is 0 Å². The van der Waals surface area contributed by atoms with Crippen LogP contribution in [-0.2, 0) is 4.79 Å². The third kappa shape index (κ3) is 7.83. The van der Waals surface area contributed by atoms with Crippen molar-refractivity contribution < 1.29 is 4.79 Å². The molecule has 0 bridgehead atoms. The number of pyridine rings is 1. The standard InChI is InChI=1S/C26H30N4O.2ClH/c31-26(29-23-15-17-27-18-16-23)22-11-13-24(14-12-22)30-28-19-25(20-7-3-1-4-8-20)21-9-5-2-6-10-21;;/h1-10,15-18,22,24-25,28,30H,11-14,19H2,(H,27,29,31);2*1H/t22-,24-;;. The molecular formula is C26H32Cl2N4O. The van der Waals surface area contributed by atoms with Gasteiger partial charge in [0, 0.05) is 42.5 Å². The molecule has 5 nitrogen and oxygen atoms in total. The highest BCUT2D eigenvalue weighted by atomic mass is 35.5. The highest BCUT2D eigenvalue weighted by molar-refractivity contribution is 5.92. The van der Waals surface area contributed by atoms with Crippen LogP contribution >= 0.6 is 24.8 Å². The van der Waals surface area contributed by atoms with E-state index in [0.29, 0.717) is 6.04 Å². The fourth-order valence-corrected chi connectivity index (χ4v) is 4.28. The maximum atomic E-state index is 12.5. The van der Waals surface area contributed by atoms with E-state index in [1.807, 2.05) is 12.1 Å². The van der Waals surface area contributed by atoms with Gasteiger partial charge >= 0.3 is 0 Å². The van der Waals surface area contributed by atoms with E-state index in [1.54, 1.807) is 12.4 Å². The van der Waals surface area contributed by atoms with E-state index in [1.165, 1.54) is 11.1 Å². The molecule has 33 heavy (non-hydrogen) atoms. The molecule has 3 N–H and O–H groups in total. The van der Waals surface area contributed by atoms with E-state index >= 15 is 0 Å². The maximum absolute atomic E-state index is 12.5. The molecule has 1 aromatic heterocycles. The minimum atomic E-state index is 0. The number of hydrazine groups is 1. The molecule has 0 radical (unpaired) electrons. The average Bonchev–Trinajstić information content (AvgIpc) is 2.84. The van der Waals surface area contributed by atoms with Crippen molar-refractivity contribution in [3.63, 3.8) is 0 Å². The van der Waals surface area contributed by atoms with E-state index < -0.39 is 0 Å². The molecule has 1 saturated carbocycles. The maximum Gasteiger partial charge on any atom is 0.227 e. The molecule has 3 aromatic rings. The van der Waals surface area contributed by atoms with Crippen LogP contribution in [0, 0.1) is 5.92 Å². The van der Waals surface area contributed by atoms with Crippen LogP contribution in [0.4, 0.5) is 5.69 Å². The lowest BCUT2D eigenvalue weighted by molar-refractivity contribution is -0.120. The van der Waals surface area contributed by atoms with Gasteiger partial charge in [-0.05, 0) is 48.9 Å². The number of hydrogen-bond acceptors (Lipinski definition) is 4. The predicted octanol–water partition coefficient (Wildman–Crippen LogP) is 5.35. The summed E-state index contributed by atoms with van der Waals surface area (Å²) in [6.45, 7) is 0.816. The number of anilines is 1. The van der Waals surface area contributed by atoms with E-state index in [2.05, 4.69) is 81.8 Å². The molecule has 1 aliphatic rings. The topological polar surface area (TPSA) is 66.0 Å². The Hall–Kier alpha value is -2.44. The summed E-state index contributed by atoms with van der Waals surface area (Å²) in [6, 6.07) is 25.3. The minimum absolute atomic E-state index is 0.